The summed E-state index contributed by atoms with van der Waals surface area (Å²) in [7, 11) is 0. The molecule has 0 radical (unpaired) electrons. The molecule has 0 saturated carbocycles. The number of nitrogens with one attached hydrogen (secondary N) is 5. The molecule has 1 aromatic heterocycles. The van der Waals surface area contributed by atoms with E-state index < -0.39 is 87.9 Å². The Balaban J connectivity index is 1.60. The number of aromatic amines is 1. The van der Waals surface area contributed by atoms with Crippen LogP contribution in [0.5, 0.6) is 0 Å². The van der Waals surface area contributed by atoms with Crippen LogP contribution in [0.25, 0.3) is 21.8 Å². The van der Waals surface area contributed by atoms with Crippen LogP contribution in [0.2, 0.25) is 0 Å². The highest BCUT2D eigenvalue weighted by Crippen LogP contribution is 2.28. The number of nitrogens with zero attached hydrogens (tertiary/aromatic N) is 3. The van der Waals surface area contributed by atoms with E-state index in [4.69, 9.17) is 17.2 Å². The van der Waals surface area contributed by atoms with E-state index in [-0.39, 0.29) is 72.5 Å². The first kappa shape index (κ1) is 49.0. The summed E-state index contributed by atoms with van der Waals surface area (Å²) in [4.78, 5) is 113. The standard InChI is InChI=1S/C41H57N11O11/c1-4-21(2)31(35(42)55)45-18-8-7-13-26(37(57)50-32(22(3)53)40(60)61)48-38(58)29-15-10-20-51(29)39(59)27(14-9-19-46-41(43)44)49-36(56)24-16-17-28(52(62)63)30-33(24)47-25-12-6-5-11-23(25)34(30)54/h5-6,11-12,16-17,21-22,26-27,29,31-32,45,53H,4,7-10,13-15,18-20H2,1-3H3,(H2,42,55)(H,47,54)(H,48,58)(H,49,56)(H,50,57)(H,60,61)(H4,43,44,46)/t21-,22+,26-,27-,29-,31-,32-/m0/s1. The minimum absolute atomic E-state index is 0.0146. The number of fused-ring (bicyclic) bond motifs is 2. The molecule has 1 aliphatic heterocycles. The maximum absolute atomic E-state index is 14.4. The van der Waals surface area contributed by atoms with Crippen LogP contribution in [0, 0.1) is 16.0 Å². The van der Waals surface area contributed by atoms with E-state index in [2.05, 4.69) is 31.2 Å². The fraction of sp³-hybridized carbons (Fsp3) is 0.512. The SMILES string of the molecule is CC[C@H](C)[C@H](NCCCC[C@H](NC(=O)[C@@H]1CCCN1C(=O)[C@H](CCCN=C(N)N)NC(=O)c1ccc([N+](=O)[O-])c2c(=O)c3ccccc3[nH]c12)C(=O)N[C@H](C(=O)O)[C@@H](C)O)C(N)=O. The number of non-ortho nitro benzene ring substituents is 1. The van der Waals surface area contributed by atoms with Gasteiger partial charge in [-0.3, -0.25) is 43.9 Å². The van der Waals surface area contributed by atoms with Crippen molar-refractivity contribution in [2.24, 2.45) is 28.1 Å². The van der Waals surface area contributed by atoms with Crippen molar-refractivity contribution < 1.29 is 43.9 Å². The summed E-state index contributed by atoms with van der Waals surface area (Å²) >= 11 is 0. The number of nitro benzene ring substituents is 1. The number of likely N-dealkylation sites (tertiary alicyclic amines) is 1. The van der Waals surface area contributed by atoms with E-state index in [1.807, 2.05) is 13.8 Å². The van der Waals surface area contributed by atoms with Crippen LogP contribution in [0.1, 0.15) is 82.5 Å². The molecule has 342 valence electrons. The number of rotatable bonds is 23. The number of nitro groups is 1. The Morgan fingerprint density at radius 1 is 0.968 bits per heavy atom. The molecule has 1 saturated heterocycles. The van der Waals surface area contributed by atoms with Gasteiger partial charge in [-0.25, -0.2) is 4.79 Å². The van der Waals surface area contributed by atoms with Crippen LogP contribution < -0.4 is 43.9 Å². The molecule has 0 bridgehead atoms. The Hall–Kier alpha value is -6.68. The van der Waals surface area contributed by atoms with Crippen molar-refractivity contribution in [3.8, 4) is 0 Å². The lowest BCUT2D eigenvalue weighted by Gasteiger charge is -2.30. The molecule has 22 heteroatoms. The zero-order valence-electron chi connectivity index (χ0n) is 35.4. The van der Waals surface area contributed by atoms with Crippen LogP contribution in [0.3, 0.4) is 0 Å². The topological polar surface area (TPSA) is 361 Å². The largest absolute Gasteiger partial charge is 0.480 e. The number of amides is 5. The van der Waals surface area contributed by atoms with Crippen molar-refractivity contribution in [3.63, 3.8) is 0 Å². The summed E-state index contributed by atoms with van der Waals surface area (Å²) in [5.41, 5.74) is 15.3. The second kappa shape index (κ2) is 22.4. The Bertz CT molecular complexity index is 2280. The Labute approximate surface area is 361 Å². The molecule has 0 unspecified atom stereocenters. The Morgan fingerprint density at radius 2 is 1.67 bits per heavy atom. The first-order chi connectivity index (χ1) is 29.9. The normalized spacial score (nSPS) is 16.6. The number of aliphatic hydroxyl groups is 1. The molecular formula is C41H57N11O11. The van der Waals surface area contributed by atoms with Crippen molar-refractivity contribution in [3.05, 3.63) is 62.3 Å². The summed E-state index contributed by atoms with van der Waals surface area (Å²) in [6, 6.07) is 2.49. The average molecular weight is 880 g/mol. The number of H-pyrrole nitrogens is 1. The zero-order chi connectivity index (χ0) is 46.5. The number of carbonyl (C=O) groups excluding carboxylic acids is 5. The molecule has 1 fully saturated rings. The first-order valence-electron chi connectivity index (χ1n) is 20.8. The molecule has 2 aromatic carbocycles. The van der Waals surface area contributed by atoms with Gasteiger partial charge in [-0.05, 0) is 82.5 Å². The number of pyridine rings is 1. The van der Waals surface area contributed by atoms with Crippen molar-refractivity contribution >= 4 is 69.0 Å². The molecule has 7 atom stereocenters. The fourth-order valence-corrected chi connectivity index (χ4v) is 7.58. The Morgan fingerprint density at radius 3 is 2.30 bits per heavy atom. The van der Waals surface area contributed by atoms with Crippen LogP contribution in [0.4, 0.5) is 5.69 Å². The molecule has 2 heterocycles. The zero-order valence-corrected chi connectivity index (χ0v) is 35.4. The molecule has 1 aliphatic rings. The first-order valence-corrected chi connectivity index (χ1v) is 20.8. The summed E-state index contributed by atoms with van der Waals surface area (Å²) in [5, 5.41) is 42.2. The van der Waals surface area contributed by atoms with Crippen molar-refractivity contribution in [1.82, 2.24) is 31.2 Å². The number of carboxylic acid groups (broad SMARTS) is 1. The number of para-hydroxylation sites is 1. The van der Waals surface area contributed by atoms with Crippen molar-refractivity contribution in [2.75, 3.05) is 19.6 Å². The fourth-order valence-electron chi connectivity index (χ4n) is 7.58. The quantitative estimate of drug-likeness (QED) is 0.0148. The third-order valence-electron chi connectivity index (χ3n) is 11.2. The highest BCUT2D eigenvalue weighted by atomic mass is 16.6. The predicted octanol–water partition coefficient (Wildman–Crippen LogP) is -0.173. The van der Waals surface area contributed by atoms with Gasteiger partial charge in [0.15, 0.2) is 12.0 Å². The number of aliphatic imine (C=N–C) groups is 1. The van der Waals surface area contributed by atoms with E-state index in [1.54, 1.807) is 18.2 Å². The van der Waals surface area contributed by atoms with Gasteiger partial charge in [-0.1, -0.05) is 32.4 Å². The second-order valence-electron chi connectivity index (χ2n) is 15.6. The van der Waals surface area contributed by atoms with Gasteiger partial charge in [0.25, 0.3) is 11.6 Å². The number of primary amides is 1. The maximum Gasteiger partial charge on any atom is 0.328 e. The minimum Gasteiger partial charge on any atom is -0.480 e. The second-order valence-corrected chi connectivity index (χ2v) is 15.6. The van der Waals surface area contributed by atoms with E-state index >= 15 is 0 Å². The number of guanidine groups is 1. The van der Waals surface area contributed by atoms with Crippen LogP contribution in [-0.4, -0.2) is 122 Å². The number of nitrogens with two attached hydrogens (primary N) is 3. The summed E-state index contributed by atoms with van der Waals surface area (Å²) in [6.45, 7) is 5.48. The summed E-state index contributed by atoms with van der Waals surface area (Å²) in [5.74, 6) is -5.40. The van der Waals surface area contributed by atoms with Gasteiger partial charge in [-0.2, -0.15) is 0 Å². The summed E-state index contributed by atoms with van der Waals surface area (Å²) in [6.07, 6.45) is 0.671. The van der Waals surface area contributed by atoms with Gasteiger partial charge in [0, 0.05) is 30.1 Å². The molecule has 22 nitrogen and oxygen atoms in total. The molecule has 4 rings (SSSR count). The molecule has 5 amide bonds. The number of aliphatic carboxylic acids is 1. The number of hydrogen-bond acceptors (Lipinski definition) is 12. The monoisotopic (exact) mass is 879 g/mol. The number of aromatic nitrogens is 1. The van der Waals surface area contributed by atoms with E-state index in [0.717, 1.165) is 6.07 Å². The van der Waals surface area contributed by atoms with E-state index in [9.17, 15) is 53.9 Å². The lowest BCUT2D eigenvalue weighted by Crippen LogP contribution is -2.58. The molecule has 13 N–H and O–H groups in total. The van der Waals surface area contributed by atoms with Gasteiger partial charge in [0.05, 0.1) is 28.1 Å². The molecular weight excluding hydrogens is 823 g/mol. The molecule has 0 aliphatic carbocycles. The van der Waals surface area contributed by atoms with Crippen LogP contribution in [-0.2, 0) is 24.0 Å². The number of aliphatic hydroxyl groups excluding tert-OH is 1. The van der Waals surface area contributed by atoms with Gasteiger partial charge < -0.3 is 58.6 Å². The Kier molecular flexibility index (Phi) is 17.4. The molecule has 3 aromatic rings. The van der Waals surface area contributed by atoms with Gasteiger partial charge >= 0.3 is 5.97 Å². The number of carboxylic acids is 1. The number of carbonyl (C=O) groups is 6. The smallest absolute Gasteiger partial charge is 0.328 e. The lowest BCUT2D eigenvalue weighted by molar-refractivity contribution is -0.383. The lowest BCUT2D eigenvalue weighted by atomic mass is 9.98. The third-order valence-corrected chi connectivity index (χ3v) is 11.2. The number of hydrogen-bond donors (Lipinski definition) is 10. The minimum atomic E-state index is -1.69. The van der Waals surface area contributed by atoms with Crippen molar-refractivity contribution in [2.45, 2.75) is 108 Å². The highest BCUT2D eigenvalue weighted by molar-refractivity contribution is 6.11. The highest BCUT2D eigenvalue weighted by Gasteiger charge is 2.40. The number of benzene rings is 2. The number of unbranched alkanes of at least 4 members (excludes halogenated alkanes) is 1. The van der Waals surface area contributed by atoms with Gasteiger partial charge in [-0.15, -0.1) is 0 Å². The molecule has 63 heavy (non-hydrogen) atoms. The van der Waals surface area contributed by atoms with E-state index in [1.165, 1.54) is 24.0 Å². The summed E-state index contributed by atoms with van der Waals surface area (Å²) < 4.78 is 0. The van der Waals surface area contributed by atoms with E-state index in [0.29, 0.717) is 37.7 Å². The predicted molar refractivity (Wildman–Crippen MR) is 232 cm³/mol. The van der Waals surface area contributed by atoms with Crippen LogP contribution >= 0.6 is 0 Å². The maximum atomic E-state index is 14.4. The average Bonchev–Trinajstić information content (AvgIpc) is 3.73. The molecule has 0 spiro atoms. The third kappa shape index (κ3) is 12.5. The van der Waals surface area contributed by atoms with Crippen LogP contribution in [0.15, 0.2) is 46.2 Å². The van der Waals surface area contributed by atoms with Crippen molar-refractivity contribution in [1.29, 1.82) is 0 Å². The van der Waals surface area contributed by atoms with Gasteiger partial charge in [0.1, 0.15) is 23.5 Å². The van der Waals surface area contributed by atoms with Gasteiger partial charge in [0.2, 0.25) is 29.1 Å².